The number of aromatic nitrogens is 1. The Morgan fingerprint density at radius 1 is 1.25 bits per heavy atom. The van der Waals surface area contributed by atoms with Gasteiger partial charge >= 0.3 is 5.97 Å². The molecule has 1 amide bonds. The van der Waals surface area contributed by atoms with E-state index in [0.29, 0.717) is 38.1 Å². The molecule has 0 bridgehead atoms. The highest BCUT2D eigenvalue weighted by Gasteiger charge is 2.29. The van der Waals surface area contributed by atoms with E-state index in [1.54, 1.807) is 0 Å². The Labute approximate surface area is 141 Å². The van der Waals surface area contributed by atoms with Gasteiger partial charge in [0.25, 0.3) is 5.91 Å². The van der Waals surface area contributed by atoms with E-state index < -0.39 is 0 Å². The predicted molar refractivity (Wildman–Crippen MR) is 91.7 cm³/mol. The van der Waals surface area contributed by atoms with E-state index >= 15 is 0 Å². The molecule has 0 saturated carbocycles. The normalized spacial score (nSPS) is 15.5. The van der Waals surface area contributed by atoms with Crippen molar-refractivity contribution in [2.75, 3.05) is 19.7 Å². The van der Waals surface area contributed by atoms with Gasteiger partial charge in [0.1, 0.15) is 0 Å². The lowest BCUT2D eigenvalue weighted by molar-refractivity contribution is -0.149. The van der Waals surface area contributed by atoms with E-state index in [-0.39, 0.29) is 17.8 Å². The molecular formula is C19H22N2O3. The summed E-state index contributed by atoms with van der Waals surface area (Å²) in [5.41, 5.74) is 2.36. The second-order valence-corrected chi connectivity index (χ2v) is 6.15. The van der Waals surface area contributed by atoms with Crippen LogP contribution in [0.4, 0.5) is 0 Å². The zero-order valence-electron chi connectivity index (χ0n) is 14.1. The molecule has 126 valence electrons. The topological polar surface area (TPSA) is 59.5 Å². The van der Waals surface area contributed by atoms with Crippen LogP contribution in [0.5, 0.6) is 0 Å². The van der Waals surface area contributed by atoms with Crippen molar-refractivity contribution in [3.05, 3.63) is 41.6 Å². The summed E-state index contributed by atoms with van der Waals surface area (Å²) in [4.78, 5) is 31.1. The number of rotatable bonds is 3. The molecule has 1 aliphatic rings. The van der Waals surface area contributed by atoms with Gasteiger partial charge in [0, 0.05) is 24.2 Å². The lowest BCUT2D eigenvalue weighted by Crippen LogP contribution is -2.40. The number of pyridine rings is 1. The minimum atomic E-state index is -0.144. The molecule has 3 rings (SSSR count). The number of esters is 1. The van der Waals surface area contributed by atoms with Crippen LogP contribution in [-0.2, 0) is 9.53 Å². The molecular weight excluding hydrogens is 304 g/mol. The zero-order chi connectivity index (χ0) is 17.1. The van der Waals surface area contributed by atoms with Crippen LogP contribution in [0.2, 0.25) is 0 Å². The largest absolute Gasteiger partial charge is 0.466 e. The van der Waals surface area contributed by atoms with Gasteiger partial charge in [-0.15, -0.1) is 0 Å². The molecule has 1 fully saturated rings. The quantitative estimate of drug-likeness (QED) is 0.814. The zero-order valence-corrected chi connectivity index (χ0v) is 14.1. The Morgan fingerprint density at radius 3 is 2.67 bits per heavy atom. The second-order valence-electron chi connectivity index (χ2n) is 6.15. The molecule has 2 aromatic rings. The summed E-state index contributed by atoms with van der Waals surface area (Å²) in [5, 5.41) is 0.876. The van der Waals surface area contributed by atoms with E-state index in [2.05, 4.69) is 4.98 Å². The van der Waals surface area contributed by atoms with Gasteiger partial charge in [-0.25, -0.2) is 0 Å². The van der Waals surface area contributed by atoms with Crippen molar-refractivity contribution in [3.63, 3.8) is 0 Å². The molecule has 1 saturated heterocycles. The molecule has 1 aromatic heterocycles. The highest BCUT2D eigenvalue weighted by atomic mass is 16.5. The number of carbonyl (C=O) groups excluding carboxylic acids is 2. The molecule has 5 nitrogen and oxygen atoms in total. The number of likely N-dealkylation sites (tertiary alicyclic amines) is 1. The van der Waals surface area contributed by atoms with Gasteiger partial charge in [-0.05, 0) is 38.8 Å². The minimum Gasteiger partial charge on any atom is -0.466 e. The summed E-state index contributed by atoms with van der Waals surface area (Å²) in [7, 11) is 0. The van der Waals surface area contributed by atoms with Crippen LogP contribution in [0.3, 0.4) is 0 Å². The fourth-order valence-electron chi connectivity index (χ4n) is 3.23. The van der Waals surface area contributed by atoms with Gasteiger partial charge in [0.05, 0.1) is 23.6 Å². The van der Waals surface area contributed by atoms with Crippen LogP contribution >= 0.6 is 0 Å². The highest BCUT2D eigenvalue weighted by molar-refractivity contribution is 6.06. The van der Waals surface area contributed by atoms with Gasteiger partial charge in [-0.3, -0.25) is 14.6 Å². The summed E-state index contributed by atoms with van der Waals surface area (Å²) in [6, 6.07) is 9.55. The van der Waals surface area contributed by atoms with Crippen molar-refractivity contribution in [1.29, 1.82) is 0 Å². The Morgan fingerprint density at radius 2 is 1.96 bits per heavy atom. The van der Waals surface area contributed by atoms with Crippen LogP contribution in [0.1, 0.15) is 35.8 Å². The number of carbonyl (C=O) groups is 2. The van der Waals surface area contributed by atoms with Crippen LogP contribution in [0.25, 0.3) is 10.9 Å². The molecule has 0 radical (unpaired) electrons. The minimum absolute atomic E-state index is 0.0130. The van der Waals surface area contributed by atoms with Gasteiger partial charge in [0.15, 0.2) is 0 Å². The number of hydrogen-bond donors (Lipinski definition) is 0. The number of piperidine rings is 1. The summed E-state index contributed by atoms with van der Waals surface area (Å²) in [6.45, 7) is 5.28. The maximum atomic E-state index is 13.0. The van der Waals surface area contributed by atoms with Crippen LogP contribution in [0, 0.1) is 12.8 Å². The Hall–Kier alpha value is -2.43. The number of nitrogens with zero attached hydrogens (tertiary/aromatic N) is 2. The molecule has 0 unspecified atom stereocenters. The van der Waals surface area contributed by atoms with Crippen molar-refractivity contribution in [1.82, 2.24) is 9.88 Å². The van der Waals surface area contributed by atoms with E-state index in [0.717, 1.165) is 16.6 Å². The third-order valence-electron chi connectivity index (χ3n) is 4.48. The molecule has 2 heterocycles. The van der Waals surface area contributed by atoms with Gasteiger partial charge in [-0.2, -0.15) is 0 Å². The molecule has 24 heavy (non-hydrogen) atoms. The fraction of sp³-hybridized carbons (Fsp3) is 0.421. The molecule has 0 aliphatic carbocycles. The number of hydrogen-bond acceptors (Lipinski definition) is 4. The van der Waals surface area contributed by atoms with E-state index in [4.69, 9.17) is 4.74 Å². The summed E-state index contributed by atoms with van der Waals surface area (Å²) >= 11 is 0. The first-order valence-electron chi connectivity index (χ1n) is 8.42. The average Bonchev–Trinajstić information content (AvgIpc) is 2.60. The highest BCUT2D eigenvalue weighted by Crippen LogP contribution is 2.24. The predicted octanol–water partition coefficient (Wildman–Crippen LogP) is 2.96. The number of fused-ring (bicyclic) bond motifs is 1. The van der Waals surface area contributed by atoms with Gasteiger partial charge < -0.3 is 9.64 Å². The monoisotopic (exact) mass is 326 g/mol. The summed E-state index contributed by atoms with van der Waals surface area (Å²) in [5.74, 6) is -0.223. The fourth-order valence-corrected chi connectivity index (χ4v) is 3.23. The van der Waals surface area contributed by atoms with Crippen molar-refractivity contribution in [2.45, 2.75) is 26.7 Å². The van der Waals surface area contributed by atoms with Gasteiger partial charge in [0.2, 0.25) is 0 Å². The average molecular weight is 326 g/mol. The molecule has 1 aliphatic heterocycles. The van der Waals surface area contributed by atoms with Crippen molar-refractivity contribution in [3.8, 4) is 0 Å². The molecule has 0 N–H and O–H groups in total. The van der Waals surface area contributed by atoms with Crippen molar-refractivity contribution < 1.29 is 14.3 Å². The maximum absolute atomic E-state index is 13.0. The van der Waals surface area contributed by atoms with Gasteiger partial charge in [-0.1, -0.05) is 18.2 Å². The first-order chi connectivity index (χ1) is 11.6. The number of para-hydroxylation sites is 1. The molecule has 0 spiro atoms. The van der Waals surface area contributed by atoms with Crippen LogP contribution < -0.4 is 0 Å². The van der Waals surface area contributed by atoms with Crippen molar-refractivity contribution in [2.24, 2.45) is 5.92 Å². The first kappa shape index (κ1) is 16.4. The lowest BCUT2D eigenvalue weighted by atomic mass is 9.96. The molecule has 5 heteroatoms. The summed E-state index contributed by atoms with van der Waals surface area (Å²) in [6.07, 6.45) is 1.32. The smallest absolute Gasteiger partial charge is 0.309 e. The van der Waals surface area contributed by atoms with E-state index in [1.165, 1.54) is 0 Å². The third-order valence-corrected chi connectivity index (χ3v) is 4.48. The number of aryl methyl sites for hydroxylation is 1. The third kappa shape index (κ3) is 3.25. The molecule has 0 atom stereocenters. The second kappa shape index (κ2) is 6.99. The maximum Gasteiger partial charge on any atom is 0.309 e. The number of benzene rings is 1. The lowest BCUT2D eigenvalue weighted by Gasteiger charge is -2.31. The number of amides is 1. The Kier molecular flexibility index (Phi) is 4.79. The Bertz CT molecular complexity index is 764. The van der Waals surface area contributed by atoms with Crippen LogP contribution in [-0.4, -0.2) is 41.5 Å². The Balaban J connectivity index is 1.78. The van der Waals surface area contributed by atoms with E-state index in [9.17, 15) is 9.59 Å². The summed E-state index contributed by atoms with van der Waals surface area (Å²) < 4.78 is 5.08. The van der Waals surface area contributed by atoms with Crippen molar-refractivity contribution >= 4 is 22.8 Å². The molecule has 1 aromatic carbocycles. The first-order valence-corrected chi connectivity index (χ1v) is 8.42. The SMILES string of the molecule is CCOC(=O)C1CCN(C(=O)c2cc(C)nc3ccccc23)CC1. The standard InChI is InChI=1S/C19H22N2O3/c1-3-24-19(23)14-8-10-21(11-9-14)18(22)16-12-13(2)20-17-7-5-4-6-15(16)17/h4-7,12,14H,3,8-11H2,1-2H3. The van der Waals surface area contributed by atoms with E-state index in [1.807, 2.05) is 49.1 Å². The number of ether oxygens (including phenoxy) is 1. The van der Waals surface area contributed by atoms with Crippen LogP contribution in [0.15, 0.2) is 30.3 Å².